The zero-order chi connectivity index (χ0) is 10.8. The highest BCUT2D eigenvalue weighted by molar-refractivity contribution is 6.18. The van der Waals surface area contributed by atoms with Gasteiger partial charge in [-0.05, 0) is 12.1 Å². The summed E-state index contributed by atoms with van der Waals surface area (Å²) >= 11 is 0. The van der Waals surface area contributed by atoms with Crippen LogP contribution >= 0.6 is 0 Å². The van der Waals surface area contributed by atoms with Crippen molar-refractivity contribution in [1.82, 2.24) is 0 Å². The number of para-hydroxylation sites is 2. The molecule has 15 heavy (non-hydrogen) atoms. The van der Waals surface area contributed by atoms with Gasteiger partial charge in [-0.25, -0.2) is 4.90 Å². The summed E-state index contributed by atoms with van der Waals surface area (Å²) in [6, 6.07) is 6.75. The Balaban J connectivity index is 2.40. The third kappa shape index (κ3) is 1.69. The number of benzene rings is 1. The van der Waals surface area contributed by atoms with E-state index in [9.17, 15) is 9.59 Å². The molecule has 0 spiro atoms. The smallest absolute Gasteiger partial charge is 0.259 e. The fraction of sp³-hybridized carbons (Fsp3) is 0.200. The Bertz CT molecular complexity index is 401. The van der Waals surface area contributed by atoms with Gasteiger partial charge in [-0.2, -0.15) is 0 Å². The van der Waals surface area contributed by atoms with Crippen LogP contribution < -0.4 is 10.6 Å². The minimum absolute atomic E-state index is 0.0833. The van der Waals surface area contributed by atoms with Crippen LogP contribution in [0.4, 0.5) is 11.4 Å². The zero-order valence-electron chi connectivity index (χ0n) is 7.97. The van der Waals surface area contributed by atoms with Gasteiger partial charge in [0.1, 0.15) is 13.2 Å². The SMILES string of the molecule is Nc1ccccc1N1C(=O)COCC1=O. The van der Waals surface area contributed by atoms with Crippen LogP contribution in [0.1, 0.15) is 0 Å². The van der Waals surface area contributed by atoms with Gasteiger partial charge in [0.2, 0.25) is 0 Å². The van der Waals surface area contributed by atoms with Crippen LogP contribution in [-0.2, 0) is 14.3 Å². The third-order valence-electron chi connectivity index (χ3n) is 2.13. The van der Waals surface area contributed by atoms with Crippen LogP contribution in [0.5, 0.6) is 0 Å². The minimum atomic E-state index is -0.385. The lowest BCUT2D eigenvalue weighted by molar-refractivity contribution is -0.138. The molecular formula is C10H10N2O3. The number of nitrogens with two attached hydrogens (primary N) is 1. The molecule has 0 saturated carbocycles. The Labute approximate surface area is 86.4 Å². The van der Waals surface area contributed by atoms with Crippen LogP contribution in [0.2, 0.25) is 0 Å². The maximum atomic E-state index is 11.5. The van der Waals surface area contributed by atoms with Crippen molar-refractivity contribution in [3.63, 3.8) is 0 Å². The fourth-order valence-electron chi connectivity index (χ4n) is 1.45. The lowest BCUT2D eigenvalue weighted by atomic mass is 10.2. The van der Waals surface area contributed by atoms with E-state index in [0.717, 1.165) is 4.90 Å². The van der Waals surface area contributed by atoms with Gasteiger partial charge in [-0.15, -0.1) is 0 Å². The van der Waals surface area contributed by atoms with Gasteiger partial charge in [-0.3, -0.25) is 9.59 Å². The summed E-state index contributed by atoms with van der Waals surface area (Å²) in [6.45, 7) is -0.167. The number of morpholine rings is 1. The Hall–Kier alpha value is -1.88. The zero-order valence-corrected chi connectivity index (χ0v) is 7.97. The van der Waals surface area contributed by atoms with Crippen LogP contribution in [0.25, 0.3) is 0 Å². The van der Waals surface area contributed by atoms with Crippen LogP contribution in [-0.4, -0.2) is 25.0 Å². The van der Waals surface area contributed by atoms with E-state index >= 15 is 0 Å². The summed E-state index contributed by atoms with van der Waals surface area (Å²) in [5.74, 6) is -0.770. The highest BCUT2D eigenvalue weighted by Crippen LogP contribution is 2.24. The molecule has 1 fully saturated rings. The second kappa shape index (κ2) is 3.70. The molecule has 1 aliphatic rings. The van der Waals surface area contributed by atoms with Crippen molar-refractivity contribution in [2.75, 3.05) is 23.8 Å². The maximum absolute atomic E-state index is 11.5. The molecule has 2 N–H and O–H groups in total. The molecule has 0 aliphatic carbocycles. The lowest BCUT2D eigenvalue weighted by Crippen LogP contribution is -2.46. The topological polar surface area (TPSA) is 72.6 Å². The van der Waals surface area contributed by atoms with Crippen LogP contribution in [0.15, 0.2) is 24.3 Å². The van der Waals surface area contributed by atoms with E-state index in [-0.39, 0.29) is 25.0 Å². The maximum Gasteiger partial charge on any atom is 0.259 e. The summed E-state index contributed by atoms with van der Waals surface area (Å²) in [5.41, 5.74) is 6.52. The quantitative estimate of drug-likeness (QED) is 0.524. The molecule has 2 rings (SSSR count). The van der Waals surface area contributed by atoms with Crippen molar-refractivity contribution in [2.24, 2.45) is 0 Å². The first-order valence-corrected chi connectivity index (χ1v) is 4.48. The number of carbonyl (C=O) groups excluding carboxylic acids is 2. The molecule has 0 bridgehead atoms. The number of nitrogens with zero attached hydrogens (tertiary/aromatic N) is 1. The number of imide groups is 1. The minimum Gasteiger partial charge on any atom is -0.397 e. The van der Waals surface area contributed by atoms with Crippen LogP contribution in [0.3, 0.4) is 0 Å². The van der Waals surface area contributed by atoms with Gasteiger partial charge in [0, 0.05) is 0 Å². The van der Waals surface area contributed by atoms with Crippen molar-refractivity contribution in [1.29, 1.82) is 0 Å². The summed E-state index contributed by atoms with van der Waals surface area (Å²) < 4.78 is 4.80. The Morgan fingerprint density at radius 1 is 1.13 bits per heavy atom. The lowest BCUT2D eigenvalue weighted by Gasteiger charge is -2.25. The highest BCUT2D eigenvalue weighted by Gasteiger charge is 2.29. The van der Waals surface area contributed by atoms with E-state index in [1.54, 1.807) is 24.3 Å². The predicted octanol–water partition coefficient (Wildman–Crippen LogP) is 0.159. The predicted molar refractivity (Wildman–Crippen MR) is 54.2 cm³/mol. The van der Waals surface area contributed by atoms with E-state index in [4.69, 9.17) is 10.5 Å². The monoisotopic (exact) mass is 206 g/mol. The van der Waals surface area contributed by atoms with Gasteiger partial charge in [-0.1, -0.05) is 12.1 Å². The second-order valence-corrected chi connectivity index (χ2v) is 3.17. The van der Waals surface area contributed by atoms with Gasteiger partial charge in [0.25, 0.3) is 11.8 Å². The van der Waals surface area contributed by atoms with Crippen molar-refractivity contribution < 1.29 is 14.3 Å². The number of anilines is 2. The van der Waals surface area contributed by atoms with Crippen molar-refractivity contribution >= 4 is 23.2 Å². The molecule has 5 nitrogen and oxygen atoms in total. The van der Waals surface area contributed by atoms with Crippen molar-refractivity contribution in [2.45, 2.75) is 0 Å². The third-order valence-corrected chi connectivity index (χ3v) is 2.13. The number of ether oxygens (including phenoxy) is 1. The van der Waals surface area contributed by atoms with Gasteiger partial charge in [0.15, 0.2) is 0 Å². The largest absolute Gasteiger partial charge is 0.397 e. The van der Waals surface area contributed by atoms with E-state index in [1.165, 1.54) is 0 Å². The van der Waals surface area contributed by atoms with Gasteiger partial charge < -0.3 is 10.5 Å². The normalized spacial score (nSPS) is 16.9. The molecule has 78 valence electrons. The fourth-order valence-corrected chi connectivity index (χ4v) is 1.45. The summed E-state index contributed by atoms with van der Waals surface area (Å²) in [5, 5.41) is 0. The number of carbonyl (C=O) groups is 2. The Morgan fingerprint density at radius 2 is 1.73 bits per heavy atom. The Morgan fingerprint density at radius 3 is 2.33 bits per heavy atom. The highest BCUT2D eigenvalue weighted by atomic mass is 16.5. The van der Waals surface area contributed by atoms with Crippen LogP contribution in [0, 0.1) is 0 Å². The Kier molecular flexibility index (Phi) is 2.39. The first-order chi connectivity index (χ1) is 7.20. The molecule has 0 radical (unpaired) electrons. The summed E-state index contributed by atoms with van der Waals surface area (Å²) in [4.78, 5) is 24.0. The number of hydrogen-bond acceptors (Lipinski definition) is 4. The average molecular weight is 206 g/mol. The molecule has 1 heterocycles. The second-order valence-electron chi connectivity index (χ2n) is 3.17. The molecule has 0 aromatic heterocycles. The number of hydrogen-bond donors (Lipinski definition) is 1. The summed E-state index contributed by atoms with van der Waals surface area (Å²) in [7, 11) is 0. The molecule has 2 amide bonds. The molecule has 1 aliphatic heterocycles. The van der Waals surface area contributed by atoms with Gasteiger partial charge >= 0.3 is 0 Å². The molecule has 5 heteroatoms. The molecule has 1 saturated heterocycles. The molecular weight excluding hydrogens is 196 g/mol. The first kappa shape index (κ1) is 9.67. The standard InChI is InChI=1S/C10H10N2O3/c11-7-3-1-2-4-8(7)12-9(13)5-15-6-10(12)14/h1-4H,5-6,11H2. The van der Waals surface area contributed by atoms with E-state index in [2.05, 4.69) is 0 Å². The van der Waals surface area contributed by atoms with E-state index in [0.29, 0.717) is 11.4 Å². The number of amides is 2. The van der Waals surface area contributed by atoms with E-state index in [1.807, 2.05) is 0 Å². The van der Waals surface area contributed by atoms with E-state index < -0.39 is 0 Å². The molecule has 0 unspecified atom stereocenters. The molecule has 1 aromatic rings. The number of nitrogen functional groups attached to an aromatic ring is 1. The number of rotatable bonds is 1. The average Bonchev–Trinajstić information content (AvgIpc) is 2.20. The molecule has 0 atom stereocenters. The first-order valence-electron chi connectivity index (χ1n) is 4.48. The van der Waals surface area contributed by atoms with Crippen molar-refractivity contribution in [3.05, 3.63) is 24.3 Å². The molecule has 1 aromatic carbocycles. The summed E-state index contributed by atoms with van der Waals surface area (Å²) in [6.07, 6.45) is 0. The van der Waals surface area contributed by atoms with Gasteiger partial charge in [0.05, 0.1) is 11.4 Å². The van der Waals surface area contributed by atoms with Crippen molar-refractivity contribution in [3.8, 4) is 0 Å².